The van der Waals surface area contributed by atoms with Crippen molar-refractivity contribution in [1.82, 2.24) is 5.32 Å². The number of nitrogens with two attached hydrogens (primary N) is 1. The Bertz CT molecular complexity index is 676. The molecule has 142 valence electrons. The Hall–Kier alpha value is -2.62. The van der Waals surface area contributed by atoms with E-state index in [1.165, 1.54) is 0 Å². The van der Waals surface area contributed by atoms with Gasteiger partial charge in [0.1, 0.15) is 0 Å². The number of rotatable bonds is 4. The summed E-state index contributed by atoms with van der Waals surface area (Å²) < 4.78 is 0. The Morgan fingerprint density at radius 3 is 2.12 bits per heavy atom. The summed E-state index contributed by atoms with van der Waals surface area (Å²) in [7, 11) is 0. The molecule has 0 bridgehead atoms. The number of nitrogens with one attached hydrogen (secondary N) is 2. The van der Waals surface area contributed by atoms with Crippen molar-refractivity contribution in [2.24, 2.45) is 5.92 Å². The molecule has 0 saturated carbocycles. The highest BCUT2D eigenvalue weighted by atomic mass is 16.1. The van der Waals surface area contributed by atoms with Crippen LogP contribution < -0.4 is 11.1 Å². The number of anilines is 1. The summed E-state index contributed by atoms with van der Waals surface area (Å²) in [6.07, 6.45) is 0. The van der Waals surface area contributed by atoms with Crippen molar-refractivity contribution in [3.63, 3.8) is 0 Å². The zero-order chi connectivity index (χ0) is 20.1. The zero-order valence-electron chi connectivity index (χ0n) is 16.9. The smallest absolute Gasteiger partial charge is 0.251 e. The summed E-state index contributed by atoms with van der Waals surface area (Å²) in [4.78, 5) is 12.1. The normalized spacial score (nSPS) is 9.35. The highest BCUT2D eigenvalue weighted by Gasteiger charge is 2.09. The quantitative estimate of drug-likeness (QED) is 0.515. The van der Waals surface area contributed by atoms with E-state index in [0.29, 0.717) is 29.1 Å². The van der Waals surface area contributed by atoms with Gasteiger partial charge >= 0.3 is 0 Å². The monoisotopic (exact) mass is 355 g/mol. The van der Waals surface area contributed by atoms with E-state index >= 15 is 0 Å². The van der Waals surface area contributed by atoms with Gasteiger partial charge in [-0.1, -0.05) is 65.0 Å². The fourth-order valence-corrected chi connectivity index (χ4v) is 1.90. The van der Waals surface area contributed by atoms with Crippen LogP contribution in [0, 0.1) is 11.3 Å². The standard InChI is InChI=1S/C16H17N3O.C4H10.C2H6/c1-11(17)14-9-13(7-8-15(14)18)16(20)19-10-12-5-3-2-4-6-12;1-4(2)3;1-2/h2-9,17H,10,18H2,1H3,(H,19,20);4H,1-3H3;1-2H3. The van der Waals surface area contributed by atoms with Gasteiger partial charge in [0, 0.05) is 29.1 Å². The number of carbonyl (C=O) groups is 1. The minimum atomic E-state index is -0.170. The number of carbonyl (C=O) groups excluding carboxylic acids is 1. The molecule has 0 aliphatic rings. The molecule has 2 aromatic rings. The van der Waals surface area contributed by atoms with Crippen LogP contribution in [0.2, 0.25) is 0 Å². The topological polar surface area (TPSA) is 79.0 Å². The second kappa shape index (κ2) is 12.7. The molecule has 0 saturated heterocycles. The summed E-state index contributed by atoms with van der Waals surface area (Å²) >= 11 is 0. The third-order valence-corrected chi connectivity index (χ3v) is 3.02. The van der Waals surface area contributed by atoms with Crippen LogP contribution >= 0.6 is 0 Å². The number of amides is 1. The second-order valence-corrected chi connectivity index (χ2v) is 6.33. The van der Waals surface area contributed by atoms with Crippen molar-refractivity contribution in [2.75, 3.05) is 5.73 Å². The molecule has 1 amide bonds. The van der Waals surface area contributed by atoms with Crippen molar-refractivity contribution in [2.45, 2.75) is 48.1 Å². The van der Waals surface area contributed by atoms with Gasteiger partial charge in [0.2, 0.25) is 0 Å². The van der Waals surface area contributed by atoms with Crippen molar-refractivity contribution in [3.8, 4) is 0 Å². The predicted molar refractivity (Wildman–Crippen MR) is 113 cm³/mol. The molecule has 2 rings (SSSR count). The lowest BCUT2D eigenvalue weighted by molar-refractivity contribution is 0.0951. The molecule has 0 radical (unpaired) electrons. The van der Waals surface area contributed by atoms with Crippen molar-refractivity contribution >= 4 is 17.3 Å². The summed E-state index contributed by atoms with van der Waals surface area (Å²) in [6, 6.07) is 14.7. The largest absolute Gasteiger partial charge is 0.398 e. The lowest BCUT2D eigenvalue weighted by Crippen LogP contribution is -2.23. The summed E-state index contributed by atoms with van der Waals surface area (Å²) in [5, 5.41) is 10.5. The van der Waals surface area contributed by atoms with Crippen LogP contribution in [0.1, 0.15) is 63.0 Å². The molecule has 2 aromatic carbocycles. The van der Waals surface area contributed by atoms with Gasteiger partial charge in [-0.05, 0) is 36.6 Å². The van der Waals surface area contributed by atoms with E-state index in [1.54, 1.807) is 25.1 Å². The summed E-state index contributed by atoms with van der Waals surface area (Å²) in [5.74, 6) is 0.663. The van der Waals surface area contributed by atoms with Crippen LogP contribution in [-0.4, -0.2) is 11.6 Å². The Morgan fingerprint density at radius 1 is 1.08 bits per heavy atom. The number of benzene rings is 2. The summed E-state index contributed by atoms with van der Waals surface area (Å²) in [5.41, 5.74) is 8.79. The molecular weight excluding hydrogens is 322 g/mol. The first-order valence-electron chi connectivity index (χ1n) is 9.08. The second-order valence-electron chi connectivity index (χ2n) is 6.33. The van der Waals surface area contributed by atoms with E-state index in [4.69, 9.17) is 11.1 Å². The van der Waals surface area contributed by atoms with Gasteiger partial charge in [-0.15, -0.1) is 0 Å². The Morgan fingerprint density at radius 2 is 1.62 bits per heavy atom. The van der Waals surface area contributed by atoms with Crippen LogP contribution in [0.4, 0.5) is 5.69 Å². The van der Waals surface area contributed by atoms with Gasteiger partial charge in [0.25, 0.3) is 5.91 Å². The Labute approximate surface area is 158 Å². The van der Waals surface area contributed by atoms with Crippen LogP contribution in [0.15, 0.2) is 48.5 Å². The van der Waals surface area contributed by atoms with Gasteiger partial charge in [-0.3, -0.25) is 4.79 Å². The van der Waals surface area contributed by atoms with Gasteiger partial charge < -0.3 is 16.5 Å². The third kappa shape index (κ3) is 9.02. The van der Waals surface area contributed by atoms with Crippen molar-refractivity contribution in [3.05, 3.63) is 65.2 Å². The lowest BCUT2D eigenvalue weighted by Gasteiger charge is -2.08. The van der Waals surface area contributed by atoms with Crippen LogP contribution in [0.25, 0.3) is 0 Å². The molecular formula is C22H33N3O. The average Bonchev–Trinajstić information content (AvgIpc) is 2.62. The minimum Gasteiger partial charge on any atom is -0.398 e. The lowest BCUT2D eigenvalue weighted by atomic mass is 10.0. The molecule has 0 aliphatic carbocycles. The molecule has 0 fully saturated rings. The molecule has 0 unspecified atom stereocenters. The molecule has 0 atom stereocenters. The van der Waals surface area contributed by atoms with E-state index < -0.39 is 0 Å². The maximum atomic E-state index is 12.1. The third-order valence-electron chi connectivity index (χ3n) is 3.02. The highest BCUT2D eigenvalue weighted by Crippen LogP contribution is 2.15. The van der Waals surface area contributed by atoms with E-state index in [9.17, 15) is 4.79 Å². The molecule has 4 nitrogen and oxygen atoms in total. The van der Waals surface area contributed by atoms with E-state index in [0.717, 1.165) is 11.5 Å². The predicted octanol–water partition coefficient (Wildman–Crippen LogP) is 5.28. The van der Waals surface area contributed by atoms with Gasteiger partial charge in [-0.2, -0.15) is 0 Å². The maximum absolute atomic E-state index is 12.1. The molecule has 4 N–H and O–H groups in total. The molecule has 0 aliphatic heterocycles. The fraction of sp³-hybridized carbons (Fsp3) is 0.364. The van der Waals surface area contributed by atoms with E-state index in [1.807, 2.05) is 44.2 Å². The van der Waals surface area contributed by atoms with E-state index in [2.05, 4.69) is 26.1 Å². The first-order valence-corrected chi connectivity index (χ1v) is 9.08. The number of hydrogen-bond acceptors (Lipinski definition) is 3. The van der Waals surface area contributed by atoms with Gasteiger partial charge in [0.15, 0.2) is 0 Å². The average molecular weight is 356 g/mol. The SMILES string of the molecule is CC.CC(=N)c1cc(C(=O)NCc2ccccc2)ccc1N.CC(C)C. The minimum absolute atomic E-state index is 0.170. The number of nitrogen functional groups attached to an aromatic ring is 1. The number of hydrogen-bond donors (Lipinski definition) is 3. The molecule has 4 heteroatoms. The van der Waals surface area contributed by atoms with Crippen LogP contribution in [0.3, 0.4) is 0 Å². The van der Waals surface area contributed by atoms with Gasteiger partial charge in [-0.25, -0.2) is 0 Å². The molecule has 26 heavy (non-hydrogen) atoms. The molecule has 0 heterocycles. The first kappa shape index (κ1) is 23.4. The maximum Gasteiger partial charge on any atom is 0.251 e. The summed E-state index contributed by atoms with van der Waals surface area (Å²) in [6.45, 7) is 12.6. The van der Waals surface area contributed by atoms with Gasteiger partial charge in [0.05, 0.1) is 0 Å². The van der Waals surface area contributed by atoms with Crippen molar-refractivity contribution < 1.29 is 4.79 Å². The first-order chi connectivity index (χ1) is 12.3. The van der Waals surface area contributed by atoms with Crippen molar-refractivity contribution in [1.29, 1.82) is 5.41 Å². The van der Waals surface area contributed by atoms with E-state index in [-0.39, 0.29) is 5.91 Å². The highest BCUT2D eigenvalue weighted by molar-refractivity contribution is 6.04. The Kier molecular flexibility index (Phi) is 11.4. The van der Waals surface area contributed by atoms with Crippen LogP contribution in [-0.2, 0) is 6.54 Å². The Balaban J connectivity index is 0.000000920. The fourth-order valence-electron chi connectivity index (χ4n) is 1.90. The molecule has 0 aromatic heterocycles. The molecule has 0 spiro atoms. The van der Waals surface area contributed by atoms with Crippen LogP contribution in [0.5, 0.6) is 0 Å². The zero-order valence-corrected chi connectivity index (χ0v) is 16.9.